The lowest BCUT2D eigenvalue weighted by atomic mass is 9.95. The second-order valence-electron chi connectivity index (χ2n) is 6.02. The third kappa shape index (κ3) is 3.59. The largest absolute Gasteiger partial charge is 0.465 e. The Balaban J connectivity index is 1.74. The van der Waals surface area contributed by atoms with Gasteiger partial charge in [-0.3, -0.25) is 14.5 Å². The average molecular weight is 351 g/mol. The summed E-state index contributed by atoms with van der Waals surface area (Å²) in [5.74, 6) is -0.689. The normalized spacial score (nSPS) is 17.8. The highest BCUT2D eigenvalue weighted by Gasteiger charge is 2.27. The van der Waals surface area contributed by atoms with E-state index < -0.39 is 5.97 Å². The Morgan fingerprint density at radius 1 is 1.33 bits per heavy atom. The summed E-state index contributed by atoms with van der Waals surface area (Å²) < 4.78 is 4.90. The Bertz CT molecular complexity index is 671. The molecular formula is C16H21N3O4S. The molecule has 1 aliphatic heterocycles. The summed E-state index contributed by atoms with van der Waals surface area (Å²) in [6, 6.07) is 0. The van der Waals surface area contributed by atoms with Crippen LogP contribution in [0.3, 0.4) is 0 Å². The Morgan fingerprint density at radius 3 is 2.88 bits per heavy atom. The van der Waals surface area contributed by atoms with Crippen molar-refractivity contribution in [2.24, 2.45) is 0 Å². The predicted molar refractivity (Wildman–Crippen MR) is 90.4 cm³/mol. The van der Waals surface area contributed by atoms with E-state index >= 15 is 0 Å². The summed E-state index contributed by atoms with van der Waals surface area (Å²) in [4.78, 5) is 38.8. The first-order valence-corrected chi connectivity index (χ1v) is 8.92. The zero-order chi connectivity index (χ0) is 17.1. The zero-order valence-corrected chi connectivity index (χ0v) is 14.5. The second kappa shape index (κ2) is 7.31. The van der Waals surface area contributed by atoms with Gasteiger partial charge in [0.05, 0.1) is 25.8 Å². The summed E-state index contributed by atoms with van der Waals surface area (Å²) in [5, 5.41) is 6.15. The lowest BCUT2D eigenvalue weighted by Gasteiger charge is -2.25. The molecule has 1 aromatic rings. The number of nitrogens with one attached hydrogen (secondary N) is 2. The number of piperazine rings is 1. The molecule has 24 heavy (non-hydrogen) atoms. The topological polar surface area (TPSA) is 87.7 Å². The number of amides is 2. The fourth-order valence-corrected chi connectivity index (χ4v) is 4.46. The van der Waals surface area contributed by atoms with Crippen molar-refractivity contribution in [3.63, 3.8) is 0 Å². The number of methoxy groups -OCH3 is 1. The first kappa shape index (κ1) is 16.9. The third-order valence-corrected chi connectivity index (χ3v) is 5.51. The molecule has 0 atom stereocenters. The molecule has 0 bridgehead atoms. The van der Waals surface area contributed by atoms with Crippen LogP contribution < -0.4 is 10.6 Å². The van der Waals surface area contributed by atoms with Crippen molar-refractivity contribution in [1.82, 2.24) is 10.2 Å². The van der Waals surface area contributed by atoms with Crippen molar-refractivity contribution >= 4 is 34.1 Å². The molecule has 0 radical (unpaired) electrons. The van der Waals surface area contributed by atoms with E-state index in [1.807, 2.05) is 0 Å². The van der Waals surface area contributed by atoms with Crippen LogP contribution in [0.1, 0.15) is 33.6 Å². The number of hydrogen-bond acceptors (Lipinski definition) is 6. The number of thiophene rings is 1. The Hall–Kier alpha value is -1.93. The number of anilines is 1. The van der Waals surface area contributed by atoms with Crippen LogP contribution >= 0.6 is 11.3 Å². The summed E-state index contributed by atoms with van der Waals surface area (Å²) in [7, 11) is 1.35. The second-order valence-corrected chi connectivity index (χ2v) is 7.12. The number of aryl methyl sites for hydroxylation is 1. The molecule has 2 N–H and O–H groups in total. The molecule has 0 unspecified atom stereocenters. The molecule has 1 saturated heterocycles. The number of nitrogens with zero attached hydrogens (tertiary/aromatic N) is 1. The maximum Gasteiger partial charge on any atom is 0.341 e. The van der Waals surface area contributed by atoms with E-state index in [2.05, 4.69) is 10.6 Å². The molecule has 1 aromatic heterocycles. The summed E-state index contributed by atoms with van der Waals surface area (Å²) in [6.07, 6.45) is 3.93. The number of rotatable bonds is 4. The standard InChI is InChI=1S/C16H21N3O4S/c1-23-16(22)14-10-4-2-3-5-11(10)24-15(14)18-13(21)9-19-7-6-17-12(20)8-19/h2-9H2,1H3,(H,17,20)(H,18,21). The molecule has 0 saturated carbocycles. The molecule has 2 amide bonds. The molecule has 130 valence electrons. The van der Waals surface area contributed by atoms with E-state index in [1.165, 1.54) is 18.4 Å². The van der Waals surface area contributed by atoms with Gasteiger partial charge in [0.1, 0.15) is 5.00 Å². The van der Waals surface area contributed by atoms with Crippen molar-refractivity contribution in [2.75, 3.05) is 38.6 Å². The molecule has 1 fully saturated rings. The lowest BCUT2D eigenvalue weighted by Crippen LogP contribution is -2.49. The molecule has 0 aromatic carbocycles. The number of ether oxygens (including phenoxy) is 1. The van der Waals surface area contributed by atoms with Crippen molar-refractivity contribution in [3.05, 3.63) is 16.0 Å². The maximum atomic E-state index is 12.3. The molecule has 1 aliphatic carbocycles. The first-order chi connectivity index (χ1) is 11.6. The fourth-order valence-electron chi connectivity index (χ4n) is 3.17. The van der Waals surface area contributed by atoms with E-state index in [0.29, 0.717) is 23.7 Å². The average Bonchev–Trinajstić information content (AvgIpc) is 2.91. The van der Waals surface area contributed by atoms with Gasteiger partial charge in [0.2, 0.25) is 11.8 Å². The van der Waals surface area contributed by atoms with Gasteiger partial charge < -0.3 is 15.4 Å². The van der Waals surface area contributed by atoms with Gasteiger partial charge in [0, 0.05) is 18.0 Å². The van der Waals surface area contributed by atoms with Gasteiger partial charge in [-0.25, -0.2) is 4.79 Å². The number of hydrogen-bond donors (Lipinski definition) is 2. The van der Waals surface area contributed by atoms with E-state index in [9.17, 15) is 14.4 Å². The van der Waals surface area contributed by atoms with Gasteiger partial charge in [-0.15, -0.1) is 11.3 Å². The third-order valence-electron chi connectivity index (χ3n) is 4.30. The molecule has 8 heteroatoms. The zero-order valence-electron chi connectivity index (χ0n) is 13.6. The Kier molecular flexibility index (Phi) is 5.15. The van der Waals surface area contributed by atoms with Gasteiger partial charge in [-0.1, -0.05) is 0 Å². The number of esters is 1. The van der Waals surface area contributed by atoms with Crippen LogP contribution in [0.2, 0.25) is 0 Å². The molecule has 2 aliphatic rings. The van der Waals surface area contributed by atoms with Gasteiger partial charge in [-0.2, -0.15) is 0 Å². The first-order valence-electron chi connectivity index (χ1n) is 8.10. The van der Waals surface area contributed by atoms with Gasteiger partial charge in [-0.05, 0) is 31.2 Å². The summed E-state index contributed by atoms with van der Waals surface area (Å²) in [6.45, 7) is 1.55. The summed E-state index contributed by atoms with van der Waals surface area (Å²) in [5.41, 5.74) is 1.52. The minimum atomic E-state index is -0.401. The smallest absolute Gasteiger partial charge is 0.341 e. The molecule has 0 spiro atoms. The van der Waals surface area contributed by atoms with E-state index in [4.69, 9.17) is 4.74 Å². The van der Waals surface area contributed by atoms with Crippen molar-refractivity contribution in [3.8, 4) is 0 Å². The summed E-state index contributed by atoms with van der Waals surface area (Å²) >= 11 is 1.47. The maximum absolute atomic E-state index is 12.3. The molecule has 3 rings (SSSR count). The van der Waals surface area contributed by atoms with Crippen molar-refractivity contribution < 1.29 is 19.1 Å². The minimum Gasteiger partial charge on any atom is -0.465 e. The van der Waals surface area contributed by atoms with Crippen LogP contribution in [-0.4, -0.2) is 56.0 Å². The van der Waals surface area contributed by atoms with Crippen LogP contribution in [-0.2, 0) is 27.2 Å². The van der Waals surface area contributed by atoms with Crippen LogP contribution in [0.25, 0.3) is 0 Å². The highest BCUT2D eigenvalue weighted by molar-refractivity contribution is 7.17. The number of carbonyl (C=O) groups is 3. The van der Waals surface area contributed by atoms with Crippen LogP contribution in [0, 0.1) is 0 Å². The highest BCUT2D eigenvalue weighted by Crippen LogP contribution is 2.38. The number of carbonyl (C=O) groups excluding carboxylic acids is 3. The SMILES string of the molecule is COC(=O)c1c(NC(=O)CN2CCNC(=O)C2)sc2c1CCCC2. The van der Waals surface area contributed by atoms with Crippen LogP contribution in [0.4, 0.5) is 5.00 Å². The molecular weight excluding hydrogens is 330 g/mol. The van der Waals surface area contributed by atoms with Crippen molar-refractivity contribution in [2.45, 2.75) is 25.7 Å². The highest BCUT2D eigenvalue weighted by atomic mass is 32.1. The minimum absolute atomic E-state index is 0.0733. The molecule has 7 nitrogen and oxygen atoms in total. The number of fused-ring (bicyclic) bond motifs is 1. The van der Waals surface area contributed by atoms with Gasteiger partial charge in [0.15, 0.2) is 0 Å². The lowest BCUT2D eigenvalue weighted by molar-refractivity contribution is -0.125. The van der Waals surface area contributed by atoms with E-state index in [1.54, 1.807) is 4.90 Å². The Labute approximate surface area is 144 Å². The van der Waals surface area contributed by atoms with Crippen LogP contribution in [0.15, 0.2) is 0 Å². The predicted octanol–water partition coefficient (Wildman–Crippen LogP) is 0.784. The van der Waals surface area contributed by atoms with Gasteiger partial charge in [0.25, 0.3) is 0 Å². The van der Waals surface area contributed by atoms with Crippen molar-refractivity contribution in [1.29, 1.82) is 0 Å². The van der Waals surface area contributed by atoms with E-state index in [-0.39, 0.29) is 24.9 Å². The quantitative estimate of drug-likeness (QED) is 0.783. The molecule has 2 heterocycles. The monoisotopic (exact) mass is 351 g/mol. The fraction of sp³-hybridized carbons (Fsp3) is 0.562. The van der Waals surface area contributed by atoms with E-state index in [0.717, 1.165) is 36.1 Å². The van der Waals surface area contributed by atoms with Crippen LogP contribution in [0.5, 0.6) is 0 Å². The Morgan fingerprint density at radius 2 is 2.12 bits per heavy atom. The van der Waals surface area contributed by atoms with Gasteiger partial charge >= 0.3 is 5.97 Å².